The van der Waals surface area contributed by atoms with Crippen LogP contribution in [0.2, 0.25) is 0 Å². The summed E-state index contributed by atoms with van der Waals surface area (Å²) in [6, 6.07) is 9.84. The van der Waals surface area contributed by atoms with E-state index in [-0.39, 0.29) is 5.97 Å². The Bertz CT molecular complexity index is 616. The summed E-state index contributed by atoms with van der Waals surface area (Å²) in [4.78, 5) is 11.7. The van der Waals surface area contributed by atoms with Gasteiger partial charge < -0.3 is 14.6 Å². The van der Waals surface area contributed by atoms with E-state index in [0.717, 1.165) is 18.8 Å². The zero-order valence-corrected chi connectivity index (χ0v) is 10.8. The van der Waals surface area contributed by atoms with E-state index >= 15 is 0 Å². The number of fused-ring (bicyclic) bond motifs is 2. The van der Waals surface area contributed by atoms with Gasteiger partial charge in [0.15, 0.2) is 0 Å². The van der Waals surface area contributed by atoms with Gasteiger partial charge in [-0.2, -0.15) is 0 Å². The minimum atomic E-state index is -0.268. The van der Waals surface area contributed by atoms with Gasteiger partial charge in [-0.05, 0) is 36.8 Å². The number of benzene rings is 1. The van der Waals surface area contributed by atoms with Crippen LogP contribution < -0.4 is 5.32 Å². The maximum atomic E-state index is 11.7. The monoisotopic (exact) mass is 256 g/mol. The summed E-state index contributed by atoms with van der Waals surface area (Å²) in [6.07, 6.45) is 2.07. The SMILES string of the molecule is CCOC(=O)c1ccc2c(c1)NCc1cccn1C2. The zero-order valence-electron chi connectivity index (χ0n) is 10.8. The topological polar surface area (TPSA) is 43.3 Å². The van der Waals surface area contributed by atoms with Crippen LogP contribution >= 0.6 is 0 Å². The number of hydrogen-bond donors (Lipinski definition) is 1. The van der Waals surface area contributed by atoms with Crippen molar-refractivity contribution in [1.82, 2.24) is 4.57 Å². The predicted molar refractivity (Wildman–Crippen MR) is 73.3 cm³/mol. The summed E-state index contributed by atoms with van der Waals surface area (Å²) in [5.74, 6) is -0.268. The zero-order chi connectivity index (χ0) is 13.2. The summed E-state index contributed by atoms with van der Waals surface area (Å²) >= 11 is 0. The van der Waals surface area contributed by atoms with Gasteiger partial charge in [0, 0.05) is 24.1 Å². The quantitative estimate of drug-likeness (QED) is 0.840. The Balaban J connectivity index is 1.92. The molecule has 0 atom stereocenters. The molecule has 0 aliphatic carbocycles. The minimum Gasteiger partial charge on any atom is -0.462 e. The van der Waals surface area contributed by atoms with E-state index in [9.17, 15) is 4.79 Å². The van der Waals surface area contributed by atoms with Gasteiger partial charge in [-0.15, -0.1) is 0 Å². The normalized spacial score (nSPS) is 12.9. The highest BCUT2D eigenvalue weighted by Crippen LogP contribution is 2.24. The lowest BCUT2D eigenvalue weighted by Gasteiger charge is -2.09. The molecule has 1 aliphatic heterocycles. The van der Waals surface area contributed by atoms with E-state index < -0.39 is 0 Å². The first-order valence-electron chi connectivity index (χ1n) is 6.46. The van der Waals surface area contributed by atoms with Gasteiger partial charge in [0.1, 0.15) is 0 Å². The summed E-state index contributed by atoms with van der Waals surface area (Å²) < 4.78 is 7.24. The molecule has 2 aromatic rings. The molecular weight excluding hydrogens is 240 g/mol. The molecule has 1 aromatic heterocycles. The Morgan fingerprint density at radius 1 is 1.42 bits per heavy atom. The average molecular weight is 256 g/mol. The number of anilines is 1. The number of aromatic nitrogens is 1. The van der Waals surface area contributed by atoms with Crippen molar-refractivity contribution in [2.75, 3.05) is 11.9 Å². The Hall–Kier alpha value is -2.23. The van der Waals surface area contributed by atoms with Crippen molar-refractivity contribution in [1.29, 1.82) is 0 Å². The second kappa shape index (κ2) is 4.80. The van der Waals surface area contributed by atoms with Crippen LogP contribution in [0.25, 0.3) is 0 Å². The fourth-order valence-corrected chi connectivity index (χ4v) is 2.35. The predicted octanol–water partition coefficient (Wildman–Crippen LogP) is 2.64. The van der Waals surface area contributed by atoms with E-state index in [4.69, 9.17) is 4.74 Å². The standard InChI is InChI=1S/C15H16N2O2/c1-2-19-15(18)11-5-6-12-10-17-7-3-4-13(17)9-16-14(12)8-11/h3-8,16H,2,9-10H2,1H3. The van der Waals surface area contributed by atoms with E-state index in [1.165, 1.54) is 11.3 Å². The summed E-state index contributed by atoms with van der Waals surface area (Å²) in [7, 11) is 0. The third-order valence-electron chi connectivity index (χ3n) is 3.35. The van der Waals surface area contributed by atoms with Crippen LogP contribution in [-0.4, -0.2) is 17.1 Å². The lowest BCUT2D eigenvalue weighted by atomic mass is 10.1. The fraction of sp³-hybridized carbons (Fsp3) is 0.267. The number of ether oxygens (including phenoxy) is 1. The van der Waals surface area contributed by atoms with Gasteiger partial charge in [-0.1, -0.05) is 6.07 Å². The third-order valence-corrected chi connectivity index (χ3v) is 3.35. The molecule has 4 nitrogen and oxygen atoms in total. The highest BCUT2D eigenvalue weighted by atomic mass is 16.5. The Labute approximate surface area is 112 Å². The van der Waals surface area contributed by atoms with E-state index in [1.54, 1.807) is 0 Å². The molecule has 0 spiro atoms. The smallest absolute Gasteiger partial charge is 0.338 e. The fourth-order valence-electron chi connectivity index (χ4n) is 2.35. The first-order valence-corrected chi connectivity index (χ1v) is 6.46. The Kier molecular flexibility index (Phi) is 2.99. The van der Waals surface area contributed by atoms with Crippen LogP contribution in [0, 0.1) is 0 Å². The highest BCUT2D eigenvalue weighted by Gasteiger charge is 2.14. The van der Waals surface area contributed by atoms with Crippen LogP contribution in [-0.2, 0) is 17.8 Å². The number of hydrogen-bond acceptors (Lipinski definition) is 3. The molecule has 98 valence electrons. The van der Waals surface area contributed by atoms with Gasteiger partial charge in [-0.3, -0.25) is 0 Å². The molecule has 0 saturated heterocycles. The number of carbonyl (C=O) groups excluding carboxylic acids is 1. The highest BCUT2D eigenvalue weighted by molar-refractivity contribution is 5.90. The molecule has 0 fully saturated rings. The molecule has 0 unspecified atom stereocenters. The average Bonchev–Trinajstić information content (AvgIpc) is 2.78. The maximum Gasteiger partial charge on any atom is 0.338 e. The number of nitrogens with one attached hydrogen (secondary N) is 1. The van der Waals surface area contributed by atoms with Gasteiger partial charge in [-0.25, -0.2) is 4.79 Å². The van der Waals surface area contributed by atoms with Crippen LogP contribution in [0.1, 0.15) is 28.5 Å². The van der Waals surface area contributed by atoms with Gasteiger partial charge in [0.2, 0.25) is 0 Å². The lowest BCUT2D eigenvalue weighted by molar-refractivity contribution is 0.0526. The van der Waals surface area contributed by atoms with Crippen LogP contribution in [0.15, 0.2) is 36.5 Å². The Morgan fingerprint density at radius 3 is 3.16 bits per heavy atom. The summed E-state index contributed by atoms with van der Waals surface area (Å²) in [5.41, 5.74) is 4.03. The van der Waals surface area contributed by atoms with Crippen LogP contribution in [0.5, 0.6) is 0 Å². The van der Waals surface area contributed by atoms with Crippen molar-refractivity contribution in [2.45, 2.75) is 20.0 Å². The Morgan fingerprint density at radius 2 is 2.32 bits per heavy atom. The summed E-state index contributed by atoms with van der Waals surface area (Å²) in [6.45, 7) is 3.81. The second-order valence-electron chi connectivity index (χ2n) is 4.57. The van der Waals surface area contributed by atoms with Crippen LogP contribution in [0.4, 0.5) is 5.69 Å². The molecule has 0 amide bonds. The first-order chi connectivity index (χ1) is 9.28. The number of nitrogens with zero attached hydrogens (tertiary/aromatic N) is 1. The molecule has 4 heteroatoms. The van der Waals surface area contributed by atoms with E-state index in [1.807, 2.05) is 25.1 Å². The van der Waals surface area contributed by atoms with Gasteiger partial charge in [0.05, 0.1) is 18.7 Å². The molecule has 3 rings (SSSR count). The second-order valence-corrected chi connectivity index (χ2v) is 4.57. The van der Waals surface area contributed by atoms with Crippen LogP contribution in [0.3, 0.4) is 0 Å². The maximum absolute atomic E-state index is 11.7. The van der Waals surface area contributed by atoms with Gasteiger partial charge >= 0.3 is 5.97 Å². The van der Waals surface area contributed by atoms with E-state index in [2.05, 4.69) is 28.2 Å². The molecule has 1 N–H and O–H groups in total. The van der Waals surface area contributed by atoms with Crippen molar-refractivity contribution >= 4 is 11.7 Å². The molecule has 0 bridgehead atoms. The van der Waals surface area contributed by atoms with Crippen molar-refractivity contribution in [3.8, 4) is 0 Å². The molecular formula is C15H16N2O2. The van der Waals surface area contributed by atoms with Crippen molar-refractivity contribution in [3.05, 3.63) is 53.3 Å². The van der Waals surface area contributed by atoms with Gasteiger partial charge in [0.25, 0.3) is 0 Å². The van der Waals surface area contributed by atoms with Crippen molar-refractivity contribution < 1.29 is 9.53 Å². The molecule has 19 heavy (non-hydrogen) atoms. The molecule has 2 heterocycles. The van der Waals surface area contributed by atoms with Crippen molar-refractivity contribution in [3.63, 3.8) is 0 Å². The third kappa shape index (κ3) is 2.21. The molecule has 1 aliphatic rings. The number of carbonyl (C=O) groups is 1. The first kappa shape index (κ1) is 11.8. The van der Waals surface area contributed by atoms with Crippen molar-refractivity contribution in [2.24, 2.45) is 0 Å². The molecule has 0 radical (unpaired) electrons. The number of esters is 1. The number of rotatable bonds is 2. The largest absolute Gasteiger partial charge is 0.462 e. The summed E-state index contributed by atoms with van der Waals surface area (Å²) in [5, 5.41) is 3.38. The minimum absolute atomic E-state index is 0.268. The lowest BCUT2D eigenvalue weighted by Crippen LogP contribution is -2.06. The molecule has 1 aromatic carbocycles. The van der Waals surface area contributed by atoms with E-state index in [0.29, 0.717) is 12.2 Å². The molecule has 0 saturated carbocycles.